The van der Waals surface area contributed by atoms with E-state index in [0.717, 1.165) is 0 Å². The van der Waals surface area contributed by atoms with E-state index < -0.39 is 11.5 Å². The molecule has 0 rings (SSSR count). The molecular formula is C9H11NO3. The maximum atomic E-state index is 10.4. The van der Waals surface area contributed by atoms with Gasteiger partial charge in [-0.05, 0) is 6.92 Å². The van der Waals surface area contributed by atoms with E-state index in [-0.39, 0.29) is 0 Å². The zero-order chi connectivity index (χ0) is 10.3. The number of hydrogen-bond acceptors (Lipinski definition) is 3. The van der Waals surface area contributed by atoms with E-state index in [9.17, 15) is 4.79 Å². The summed E-state index contributed by atoms with van der Waals surface area (Å²) in [5, 5.41) is 16.9. The van der Waals surface area contributed by atoms with Crippen LogP contribution in [0.5, 0.6) is 0 Å². The summed E-state index contributed by atoms with van der Waals surface area (Å²) in [4.78, 5) is 10.4. The molecule has 0 aromatic heterocycles. The molecule has 0 spiro atoms. The Hall–Kier alpha value is -1.72. The largest absolute Gasteiger partial charge is 0.490 e. The highest BCUT2D eigenvalue weighted by molar-refractivity contribution is 5.90. The van der Waals surface area contributed by atoms with Gasteiger partial charge in [0.15, 0.2) is 5.57 Å². The summed E-state index contributed by atoms with van der Waals surface area (Å²) in [6, 6.07) is 1.53. The number of nitriles is 1. The van der Waals surface area contributed by atoms with Crippen LogP contribution in [0.25, 0.3) is 0 Å². The maximum absolute atomic E-state index is 10.4. The number of hydrogen-bond donors (Lipinski definition) is 1. The summed E-state index contributed by atoms with van der Waals surface area (Å²) in [6.45, 7) is 4.02. The van der Waals surface area contributed by atoms with Gasteiger partial charge in [0, 0.05) is 6.42 Å². The molecule has 0 aliphatic heterocycles. The first-order valence-corrected chi connectivity index (χ1v) is 3.91. The number of nitrogens with zero attached hydrogens (tertiary/aromatic N) is 1. The molecule has 0 saturated heterocycles. The Bertz CT molecular complexity index is 292. The highest BCUT2D eigenvalue weighted by atomic mass is 16.5. The Labute approximate surface area is 76.7 Å². The Morgan fingerprint density at radius 1 is 1.54 bits per heavy atom. The molecule has 0 amide bonds. The Balaban J connectivity index is 4.98. The van der Waals surface area contributed by atoms with Crippen molar-refractivity contribution in [2.75, 3.05) is 6.61 Å². The van der Waals surface area contributed by atoms with Gasteiger partial charge < -0.3 is 9.84 Å². The van der Waals surface area contributed by atoms with Gasteiger partial charge in [0.25, 0.3) is 0 Å². The second kappa shape index (κ2) is 5.87. The molecule has 0 aliphatic carbocycles. The fourth-order valence-corrected chi connectivity index (χ4v) is 0.669. The molecule has 70 valence electrons. The van der Waals surface area contributed by atoms with Crippen molar-refractivity contribution in [2.45, 2.75) is 20.3 Å². The summed E-state index contributed by atoms with van der Waals surface area (Å²) in [7, 11) is 0. The van der Waals surface area contributed by atoms with Crippen LogP contribution in [0.2, 0.25) is 0 Å². The quantitative estimate of drug-likeness (QED) is 0.308. The van der Waals surface area contributed by atoms with E-state index in [2.05, 4.69) is 5.73 Å². The molecule has 0 aliphatic rings. The molecule has 0 aromatic rings. The first kappa shape index (κ1) is 11.3. The van der Waals surface area contributed by atoms with Crippen LogP contribution in [0.3, 0.4) is 0 Å². The van der Waals surface area contributed by atoms with Crippen molar-refractivity contribution in [3.05, 3.63) is 17.1 Å². The number of carbonyl (C=O) groups is 1. The molecule has 4 nitrogen and oxygen atoms in total. The van der Waals surface area contributed by atoms with E-state index in [1.165, 1.54) is 6.07 Å². The summed E-state index contributed by atoms with van der Waals surface area (Å²) in [6.07, 6.45) is 0.520. The third-order valence-electron chi connectivity index (χ3n) is 1.23. The summed E-state index contributed by atoms with van der Waals surface area (Å²) >= 11 is 0. The second-order valence-electron chi connectivity index (χ2n) is 2.13. The van der Waals surface area contributed by atoms with Gasteiger partial charge in [-0.15, -0.1) is 0 Å². The van der Waals surface area contributed by atoms with Crippen LogP contribution in [-0.4, -0.2) is 17.7 Å². The molecule has 0 atom stereocenters. The van der Waals surface area contributed by atoms with E-state index in [1.54, 1.807) is 13.8 Å². The van der Waals surface area contributed by atoms with Crippen LogP contribution in [0, 0.1) is 11.3 Å². The highest BCUT2D eigenvalue weighted by Crippen LogP contribution is 2.02. The molecule has 4 heteroatoms. The van der Waals surface area contributed by atoms with E-state index in [0.29, 0.717) is 18.8 Å². The lowest BCUT2D eigenvalue weighted by molar-refractivity contribution is -0.132. The average Bonchev–Trinajstić information content (AvgIpc) is 2.11. The van der Waals surface area contributed by atoms with Gasteiger partial charge in [-0.1, -0.05) is 12.7 Å². The first-order valence-electron chi connectivity index (χ1n) is 3.91. The lowest BCUT2D eigenvalue weighted by atomic mass is 10.3. The molecule has 0 radical (unpaired) electrons. The molecule has 1 N–H and O–H groups in total. The van der Waals surface area contributed by atoms with Crippen molar-refractivity contribution >= 4 is 5.97 Å². The Kier molecular flexibility index (Phi) is 5.09. The summed E-state index contributed by atoms with van der Waals surface area (Å²) < 4.78 is 5.04. The number of rotatable bonds is 4. The van der Waals surface area contributed by atoms with E-state index in [1.807, 2.05) is 0 Å². The van der Waals surface area contributed by atoms with Crippen LogP contribution >= 0.6 is 0 Å². The van der Waals surface area contributed by atoms with Gasteiger partial charge in [-0.25, -0.2) is 4.79 Å². The van der Waals surface area contributed by atoms with Crippen molar-refractivity contribution in [2.24, 2.45) is 0 Å². The summed E-state index contributed by atoms with van der Waals surface area (Å²) in [5.41, 5.74) is 1.98. The monoisotopic (exact) mass is 181 g/mol. The minimum Gasteiger partial charge on any atom is -0.490 e. The fourth-order valence-electron chi connectivity index (χ4n) is 0.669. The van der Waals surface area contributed by atoms with Gasteiger partial charge >= 0.3 is 5.97 Å². The minimum atomic E-state index is -1.28. The summed E-state index contributed by atoms with van der Waals surface area (Å²) in [5.74, 6) is -0.894. The molecular weight excluding hydrogens is 170 g/mol. The number of aliphatic carboxylic acids is 1. The van der Waals surface area contributed by atoms with Gasteiger partial charge in [-0.2, -0.15) is 5.26 Å². The topological polar surface area (TPSA) is 70.3 Å². The lowest BCUT2D eigenvalue weighted by Gasteiger charge is -2.00. The molecule has 0 aromatic carbocycles. The third kappa shape index (κ3) is 4.00. The number of ether oxygens (including phenoxy) is 1. The van der Waals surface area contributed by atoms with Crippen molar-refractivity contribution < 1.29 is 14.6 Å². The molecule has 13 heavy (non-hydrogen) atoms. The van der Waals surface area contributed by atoms with Gasteiger partial charge in [0.05, 0.1) is 6.61 Å². The second-order valence-corrected chi connectivity index (χ2v) is 2.13. The van der Waals surface area contributed by atoms with Crippen molar-refractivity contribution in [3.63, 3.8) is 0 Å². The van der Waals surface area contributed by atoms with E-state index >= 15 is 0 Å². The van der Waals surface area contributed by atoms with Crippen molar-refractivity contribution in [3.8, 4) is 6.07 Å². The Morgan fingerprint density at radius 3 is 2.46 bits per heavy atom. The molecule has 0 bridgehead atoms. The molecule has 0 saturated carbocycles. The van der Waals surface area contributed by atoms with Gasteiger partial charge in [0.2, 0.25) is 0 Å². The third-order valence-corrected chi connectivity index (χ3v) is 1.23. The number of carboxylic acids is 1. The fraction of sp³-hybridized carbons (Fsp3) is 0.444. The Morgan fingerprint density at radius 2 is 2.15 bits per heavy atom. The van der Waals surface area contributed by atoms with Gasteiger partial charge in [0.1, 0.15) is 11.8 Å². The zero-order valence-electron chi connectivity index (χ0n) is 7.63. The van der Waals surface area contributed by atoms with Crippen LogP contribution in [0.1, 0.15) is 20.3 Å². The average molecular weight is 181 g/mol. The highest BCUT2D eigenvalue weighted by Gasteiger charge is 2.05. The smallest absolute Gasteiger partial charge is 0.354 e. The van der Waals surface area contributed by atoms with E-state index in [4.69, 9.17) is 15.1 Å². The lowest BCUT2D eigenvalue weighted by Crippen LogP contribution is -1.97. The normalized spacial score (nSPS) is 8.08. The molecule has 0 unspecified atom stereocenters. The zero-order valence-corrected chi connectivity index (χ0v) is 7.63. The predicted molar refractivity (Wildman–Crippen MR) is 45.7 cm³/mol. The predicted octanol–water partition coefficient (Wildman–Crippen LogP) is 1.45. The number of carboxylic acid groups (broad SMARTS) is 1. The van der Waals surface area contributed by atoms with Crippen molar-refractivity contribution in [1.82, 2.24) is 0 Å². The standard InChI is InChI=1S/C9H11NO3/c1-3-8(13-4-2)5-7(6-10)9(11)12/h3-4H2,1-2H3,(H,11,12). The van der Waals surface area contributed by atoms with Crippen molar-refractivity contribution in [1.29, 1.82) is 5.26 Å². The van der Waals surface area contributed by atoms with Gasteiger partial charge in [-0.3, -0.25) is 0 Å². The van der Waals surface area contributed by atoms with Crippen LogP contribution < -0.4 is 0 Å². The van der Waals surface area contributed by atoms with Crippen LogP contribution in [0.15, 0.2) is 17.1 Å². The van der Waals surface area contributed by atoms with Crippen LogP contribution in [-0.2, 0) is 9.53 Å². The molecule has 0 fully saturated rings. The first-order chi connectivity index (χ1) is 6.15. The SMILES string of the molecule is CCOC(=C=C(C#N)C(=O)O)CC. The minimum absolute atomic E-state index is 0.390. The van der Waals surface area contributed by atoms with Crippen LogP contribution in [0.4, 0.5) is 0 Å². The molecule has 0 heterocycles. The maximum Gasteiger partial charge on any atom is 0.354 e.